The molecule has 0 aromatic heterocycles. The van der Waals surface area contributed by atoms with Gasteiger partial charge in [-0.15, -0.1) is 6.58 Å². The van der Waals surface area contributed by atoms with E-state index in [2.05, 4.69) is 6.58 Å². The lowest BCUT2D eigenvalue weighted by molar-refractivity contribution is 0.445. The van der Waals surface area contributed by atoms with Gasteiger partial charge in [0.25, 0.3) is 10.1 Å². The molecule has 72 valence electrons. The van der Waals surface area contributed by atoms with Crippen molar-refractivity contribution in [3.05, 3.63) is 12.7 Å². The van der Waals surface area contributed by atoms with Gasteiger partial charge >= 0.3 is 0 Å². The lowest BCUT2D eigenvalue weighted by Crippen LogP contribution is -2.19. The van der Waals surface area contributed by atoms with Gasteiger partial charge in [-0.3, -0.25) is 4.55 Å². The smallest absolute Gasteiger partial charge is 0.267 e. The Kier molecular flexibility index (Phi) is 4.49. The molecule has 1 N–H and O–H groups in total. The quantitative estimate of drug-likeness (QED) is 0.534. The van der Waals surface area contributed by atoms with Crippen LogP contribution >= 0.6 is 0 Å². The summed E-state index contributed by atoms with van der Waals surface area (Å²) in [5.41, 5.74) is 0. The Labute approximate surface area is 74.2 Å². The first-order valence-corrected chi connectivity index (χ1v) is 5.45. The van der Waals surface area contributed by atoms with E-state index < -0.39 is 15.4 Å². The van der Waals surface area contributed by atoms with E-state index in [1.807, 2.05) is 6.92 Å². The van der Waals surface area contributed by atoms with Crippen molar-refractivity contribution in [1.29, 1.82) is 0 Å². The summed E-state index contributed by atoms with van der Waals surface area (Å²) >= 11 is 0. The molecule has 0 aliphatic carbocycles. The van der Waals surface area contributed by atoms with Crippen molar-refractivity contribution in [2.24, 2.45) is 5.92 Å². The Bertz CT molecular complexity index is 231. The molecule has 0 saturated carbocycles. The van der Waals surface area contributed by atoms with Crippen LogP contribution in [0.25, 0.3) is 0 Å². The highest BCUT2D eigenvalue weighted by molar-refractivity contribution is 7.86. The molecule has 3 nitrogen and oxygen atoms in total. The molecule has 12 heavy (non-hydrogen) atoms. The average Bonchev–Trinajstić information content (AvgIpc) is 1.85. The molecular formula is C8H16O3S. The van der Waals surface area contributed by atoms with Gasteiger partial charge in [0.15, 0.2) is 0 Å². The van der Waals surface area contributed by atoms with Crippen molar-refractivity contribution < 1.29 is 13.0 Å². The molecular weight excluding hydrogens is 176 g/mol. The number of hydrogen-bond acceptors (Lipinski definition) is 2. The monoisotopic (exact) mass is 192 g/mol. The topological polar surface area (TPSA) is 54.4 Å². The Morgan fingerprint density at radius 3 is 2.33 bits per heavy atom. The maximum atomic E-state index is 10.6. The summed E-state index contributed by atoms with van der Waals surface area (Å²) in [4.78, 5) is 0. The minimum atomic E-state index is -3.85. The molecule has 0 spiro atoms. The highest BCUT2D eigenvalue weighted by atomic mass is 32.2. The van der Waals surface area contributed by atoms with Gasteiger partial charge in [0.05, 0.1) is 5.25 Å². The van der Waals surface area contributed by atoms with Gasteiger partial charge in [-0.25, -0.2) is 0 Å². The molecule has 0 radical (unpaired) electrons. The molecule has 0 aromatic carbocycles. The van der Waals surface area contributed by atoms with Crippen LogP contribution in [0.2, 0.25) is 0 Å². The van der Waals surface area contributed by atoms with Crippen molar-refractivity contribution >= 4 is 10.1 Å². The van der Waals surface area contributed by atoms with Gasteiger partial charge in [-0.05, 0) is 25.7 Å². The van der Waals surface area contributed by atoms with Crippen LogP contribution in [0.1, 0.15) is 26.7 Å². The second kappa shape index (κ2) is 4.62. The van der Waals surface area contributed by atoms with Crippen LogP contribution in [0.3, 0.4) is 0 Å². The van der Waals surface area contributed by atoms with E-state index >= 15 is 0 Å². The Balaban J connectivity index is 4.01. The van der Waals surface area contributed by atoms with E-state index in [9.17, 15) is 8.42 Å². The highest BCUT2D eigenvalue weighted by Gasteiger charge is 2.19. The van der Waals surface area contributed by atoms with E-state index in [-0.39, 0.29) is 5.92 Å². The summed E-state index contributed by atoms with van der Waals surface area (Å²) in [6, 6.07) is 0. The third-order valence-corrected chi connectivity index (χ3v) is 3.02. The molecule has 2 atom stereocenters. The zero-order valence-corrected chi connectivity index (χ0v) is 8.34. The van der Waals surface area contributed by atoms with Gasteiger partial charge in [-0.2, -0.15) is 8.42 Å². The van der Waals surface area contributed by atoms with Gasteiger partial charge in [-0.1, -0.05) is 13.0 Å². The molecule has 0 bridgehead atoms. The van der Waals surface area contributed by atoms with Crippen molar-refractivity contribution in [1.82, 2.24) is 0 Å². The third-order valence-electron chi connectivity index (χ3n) is 1.81. The normalized spacial score (nSPS) is 16.9. The molecule has 0 amide bonds. The Hall–Kier alpha value is -0.350. The molecule has 0 rings (SSSR count). The molecule has 2 unspecified atom stereocenters. The summed E-state index contributed by atoms with van der Waals surface area (Å²) in [7, 11) is -3.85. The predicted octanol–water partition coefficient (Wildman–Crippen LogP) is 1.87. The fourth-order valence-electron chi connectivity index (χ4n) is 1.07. The molecule has 0 saturated heterocycles. The SMILES string of the molecule is C=CCC(C)CC(C)S(=O)(=O)O. The minimum Gasteiger partial charge on any atom is -0.285 e. The molecule has 0 heterocycles. The summed E-state index contributed by atoms with van der Waals surface area (Å²) in [5.74, 6) is 0.249. The van der Waals surface area contributed by atoms with Crippen LogP contribution in [-0.4, -0.2) is 18.2 Å². The van der Waals surface area contributed by atoms with E-state index in [0.29, 0.717) is 6.42 Å². The Morgan fingerprint density at radius 1 is 1.50 bits per heavy atom. The predicted molar refractivity (Wildman–Crippen MR) is 49.6 cm³/mol. The summed E-state index contributed by atoms with van der Waals surface area (Å²) in [5, 5.41) is -0.674. The van der Waals surface area contributed by atoms with Crippen molar-refractivity contribution in [2.45, 2.75) is 31.9 Å². The minimum absolute atomic E-state index is 0.249. The van der Waals surface area contributed by atoms with E-state index in [0.717, 1.165) is 6.42 Å². The second-order valence-electron chi connectivity index (χ2n) is 3.19. The van der Waals surface area contributed by atoms with Gasteiger partial charge < -0.3 is 0 Å². The fraction of sp³-hybridized carbons (Fsp3) is 0.750. The van der Waals surface area contributed by atoms with Gasteiger partial charge in [0.2, 0.25) is 0 Å². The first-order chi connectivity index (χ1) is 5.38. The zero-order valence-electron chi connectivity index (χ0n) is 7.53. The van der Waals surface area contributed by atoms with Crippen LogP contribution in [-0.2, 0) is 10.1 Å². The summed E-state index contributed by atoms with van der Waals surface area (Å²) in [6.07, 6.45) is 3.01. The van der Waals surface area contributed by atoms with Crippen molar-refractivity contribution in [3.8, 4) is 0 Å². The van der Waals surface area contributed by atoms with Crippen molar-refractivity contribution in [2.75, 3.05) is 0 Å². The molecule has 0 aliphatic rings. The molecule has 4 heteroatoms. The first-order valence-electron chi connectivity index (χ1n) is 3.95. The standard InChI is InChI=1S/C8H16O3S/c1-4-5-7(2)6-8(3)12(9,10)11/h4,7-8H,1,5-6H2,2-3H3,(H,9,10,11). The zero-order chi connectivity index (χ0) is 9.78. The average molecular weight is 192 g/mol. The maximum absolute atomic E-state index is 10.6. The second-order valence-corrected chi connectivity index (χ2v) is 5.03. The third kappa shape index (κ3) is 4.51. The first kappa shape index (κ1) is 11.6. The molecule has 0 fully saturated rings. The van der Waals surface area contributed by atoms with E-state index in [4.69, 9.17) is 4.55 Å². The van der Waals surface area contributed by atoms with E-state index in [1.54, 1.807) is 6.08 Å². The summed E-state index contributed by atoms with van der Waals surface area (Å²) in [6.45, 7) is 7.00. The lowest BCUT2D eigenvalue weighted by atomic mass is 10.0. The van der Waals surface area contributed by atoms with Crippen LogP contribution in [0.15, 0.2) is 12.7 Å². The molecule has 0 aliphatic heterocycles. The van der Waals surface area contributed by atoms with Crippen LogP contribution in [0.4, 0.5) is 0 Å². The highest BCUT2D eigenvalue weighted by Crippen LogP contribution is 2.14. The number of hydrogen-bond donors (Lipinski definition) is 1. The largest absolute Gasteiger partial charge is 0.285 e. The van der Waals surface area contributed by atoms with Crippen LogP contribution < -0.4 is 0 Å². The van der Waals surface area contributed by atoms with Gasteiger partial charge in [0.1, 0.15) is 0 Å². The fourth-order valence-corrected chi connectivity index (χ4v) is 1.64. The number of allylic oxidation sites excluding steroid dienone is 1. The Morgan fingerprint density at radius 2 is 2.00 bits per heavy atom. The van der Waals surface area contributed by atoms with Crippen LogP contribution in [0.5, 0.6) is 0 Å². The van der Waals surface area contributed by atoms with E-state index in [1.165, 1.54) is 6.92 Å². The van der Waals surface area contributed by atoms with Crippen molar-refractivity contribution in [3.63, 3.8) is 0 Å². The number of rotatable bonds is 5. The van der Waals surface area contributed by atoms with Gasteiger partial charge in [0, 0.05) is 0 Å². The molecule has 0 aromatic rings. The van der Waals surface area contributed by atoms with Crippen LogP contribution in [0, 0.1) is 5.92 Å². The summed E-state index contributed by atoms with van der Waals surface area (Å²) < 4.78 is 29.9. The lowest BCUT2D eigenvalue weighted by Gasteiger charge is -2.12. The maximum Gasteiger partial charge on any atom is 0.267 e.